The number of hydrogen-bond acceptors (Lipinski definition) is 4. The summed E-state index contributed by atoms with van der Waals surface area (Å²) in [6.45, 7) is 1.49. The van der Waals surface area contributed by atoms with Crippen molar-refractivity contribution in [1.29, 1.82) is 5.26 Å². The molecular weight excluding hydrogens is 132 g/mol. The first-order valence-corrected chi connectivity index (χ1v) is 3.26. The van der Waals surface area contributed by atoms with Gasteiger partial charge in [0.2, 0.25) is 0 Å². The van der Waals surface area contributed by atoms with Crippen molar-refractivity contribution in [1.82, 2.24) is 5.06 Å². The van der Waals surface area contributed by atoms with Gasteiger partial charge >= 0.3 is 0 Å². The molecule has 0 saturated carbocycles. The monoisotopic (exact) mass is 142 g/mol. The summed E-state index contributed by atoms with van der Waals surface area (Å²) in [4.78, 5) is 5.00. The smallest absolute Gasteiger partial charge is 0.0958 e. The molecule has 1 aliphatic heterocycles. The van der Waals surface area contributed by atoms with Crippen molar-refractivity contribution in [3.8, 4) is 6.07 Å². The number of rotatable bonds is 2. The minimum atomic E-state index is -0.376. The van der Waals surface area contributed by atoms with Gasteiger partial charge in [-0.3, -0.25) is 4.84 Å². The maximum Gasteiger partial charge on any atom is 0.0958 e. The highest BCUT2D eigenvalue weighted by molar-refractivity contribution is 4.72. The molecular formula is C6H10N2O2. The van der Waals surface area contributed by atoms with Crippen LogP contribution >= 0.6 is 0 Å². The van der Waals surface area contributed by atoms with E-state index in [0.29, 0.717) is 26.1 Å². The van der Waals surface area contributed by atoms with Crippen molar-refractivity contribution in [2.45, 2.75) is 12.5 Å². The van der Waals surface area contributed by atoms with E-state index in [-0.39, 0.29) is 6.10 Å². The SMILES string of the molecule is N#CCCN1CC(O)CO1. The maximum absolute atomic E-state index is 8.95. The van der Waals surface area contributed by atoms with E-state index >= 15 is 0 Å². The molecule has 1 unspecified atom stereocenters. The van der Waals surface area contributed by atoms with E-state index in [0.717, 1.165) is 0 Å². The minimum absolute atomic E-state index is 0.366. The van der Waals surface area contributed by atoms with Gasteiger partial charge in [-0.05, 0) is 0 Å². The highest BCUT2D eigenvalue weighted by Gasteiger charge is 2.20. The summed E-state index contributed by atoms with van der Waals surface area (Å²) < 4.78 is 0. The van der Waals surface area contributed by atoms with Gasteiger partial charge in [0.25, 0.3) is 0 Å². The molecule has 1 N–H and O–H groups in total. The van der Waals surface area contributed by atoms with Crippen LogP contribution < -0.4 is 0 Å². The van der Waals surface area contributed by atoms with Crippen LogP contribution in [0.5, 0.6) is 0 Å². The van der Waals surface area contributed by atoms with Crippen molar-refractivity contribution in [2.75, 3.05) is 19.7 Å². The molecule has 1 fully saturated rings. The standard InChI is InChI=1S/C6H10N2O2/c7-2-1-3-8-4-6(9)5-10-8/h6,9H,1,3-5H2. The third-order valence-corrected chi connectivity index (χ3v) is 1.34. The van der Waals surface area contributed by atoms with E-state index in [4.69, 9.17) is 15.2 Å². The lowest BCUT2D eigenvalue weighted by molar-refractivity contribution is -0.108. The topological polar surface area (TPSA) is 56.5 Å². The lowest BCUT2D eigenvalue weighted by atomic mass is 10.4. The summed E-state index contributed by atoms with van der Waals surface area (Å²) in [5, 5.41) is 18.8. The van der Waals surface area contributed by atoms with E-state index in [1.54, 1.807) is 5.06 Å². The van der Waals surface area contributed by atoms with E-state index in [2.05, 4.69) is 0 Å². The zero-order valence-electron chi connectivity index (χ0n) is 5.66. The first kappa shape index (κ1) is 7.48. The van der Waals surface area contributed by atoms with Crippen LogP contribution in [0.2, 0.25) is 0 Å². The Labute approximate surface area is 59.6 Å². The zero-order valence-corrected chi connectivity index (χ0v) is 5.66. The first-order chi connectivity index (χ1) is 4.83. The second kappa shape index (κ2) is 3.52. The van der Waals surface area contributed by atoms with E-state index in [1.807, 2.05) is 6.07 Å². The Morgan fingerprint density at radius 1 is 1.80 bits per heavy atom. The van der Waals surface area contributed by atoms with Crippen LogP contribution in [-0.2, 0) is 4.84 Å². The normalized spacial score (nSPS) is 26.6. The second-order valence-corrected chi connectivity index (χ2v) is 2.25. The molecule has 1 heterocycles. The van der Waals surface area contributed by atoms with Gasteiger partial charge in [-0.25, -0.2) is 0 Å². The Hall–Kier alpha value is -0.630. The van der Waals surface area contributed by atoms with Crippen molar-refractivity contribution >= 4 is 0 Å². The summed E-state index contributed by atoms with van der Waals surface area (Å²) >= 11 is 0. The highest BCUT2D eigenvalue weighted by Crippen LogP contribution is 2.04. The molecule has 56 valence electrons. The van der Waals surface area contributed by atoms with Gasteiger partial charge in [0.1, 0.15) is 0 Å². The van der Waals surface area contributed by atoms with Gasteiger partial charge in [-0.1, -0.05) is 0 Å². The average molecular weight is 142 g/mol. The molecule has 0 aromatic carbocycles. The number of nitriles is 1. The predicted molar refractivity (Wildman–Crippen MR) is 33.8 cm³/mol. The van der Waals surface area contributed by atoms with E-state index in [9.17, 15) is 0 Å². The molecule has 0 aromatic heterocycles. The number of nitrogens with zero attached hydrogens (tertiary/aromatic N) is 2. The number of aliphatic hydroxyl groups excluding tert-OH is 1. The molecule has 0 amide bonds. The molecule has 1 atom stereocenters. The van der Waals surface area contributed by atoms with Gasteiger partial charge < -0.3 is 5.11 Å². The van der Waals surface area contributed by atoms with Crippen LogP contribution in [0.4, 0.5) is 0 Å². The predicted octanol–water partition coefficient (Wildman–Crippen LogP) is -0.492. The summed E-state index contributed by atoms with van der Waals surface area (Å²) in [6, 6.07) is 2.01. The van der Waals surface area contributed by atoms with Crippen molar-refractivity contribution in [3.63, 3.8) is 0 Å². The summed E-state index contributed by atoms with van der Waals surface area (Å²) in [6.07, 6.45) is 0.0749. The van der Waals surface area contributed by atoms with Crippen molar-refractivity contribution in [3.05, 3.63) is 0 Å². The third kappa shape index (κ3) is 1.95. The highest BCUT2D eigenvalue weighted by atomic mass is 16.7. The van der Waals surface area contributed by atoms with Crippen molar-refractivity contribution < 1.29 is 9.94 Å². The van der Waals surface area contributed by atoms with E-state index in [1.165, 1.54) is 0 Å². The minimum Gasteiger partial charge on any atom is -0.389 e. The summed E-state index contributed by atoms with van der Waals surface area (Å²) in [7, 11) is 0. The lowest BCUT2D eigenvalue weighted by Gasteiger charge is -2.09. The molecule has 4 nitrogen and oxygen atoms in total. The Balaban J connectivity index is 2.14. The Bertz CT molecular complexity index is 143. The number of hydrogen-bond donors (Lipinski definition) is 1. The fourth-order valence-corrected chi connectivity index (χ4v) is 0.862. The Kier molecular flexibility index (Phi) is 2.63. The molecule has 1 saturated heterocycles. The molecule has 1 rings (SSSR count). The fourth-order valence-electron chi connectivity index (χ4n) is 0.862. The maximum atomic E-state index is 8.95. The second-order valence-electron chi connectivity index (χ2n) is 2.25. The fraction of sp³-hybridized carbons (Fsp3) is 0.833. The molecule has 0 bridgehead atoms. The molecule has 0 radical (unpaired) electrons. The van der Waals surface area contributed by atoms with Gasteiger partial charge in [0, 0.05) is 6.54 Å². The first-order valence-electron chi connectivity index (χ1n) is 3.26. The molecule has 0 aromatic rings. The zero-order chi connectivity index (χ0) is 7.40. The van der Waals surface area contributed by atoms with Gasteiger partial charge in [-0.2, -0.15) is 10.3 Å². The average Bonchev–Trinajstić information content (AvgIpc) is 2.31. The molecule has 0 spiro atoms. The van der Waals surface area contributed by atoms with Crippen LogP contribution in [-0.4, -0.2) is 36.0 Å². The quantitative estimate of drug-likeness (QED) is 0.565. The van der Waals surface area contributed by atoms with Gasteiger partial charge in [0.15, 0.2) is 0 Å². The molecule has 10 heavy (non-hydrogen) atoms. The van der Waals surface area contributed by atoms with Crippen LogP contribution in [0.25, 0.3) is 0 Å². The Morgan fingerprint density at radius 3 is 3.10 bits per heavy atom. The molecule has 1 aliphatic rings. The van der Waals surface area contributed by atoms with E-state index < -0.39 is 0 Å². The van der Waals surface area contributed by atoms with Crippen molar-refractivity contribution in [2.24, 2.45) is 0 Å². The summed E-state index contributed by atoms with van der Waals surface area (Å²) in [5.41, 5.74) is 0. The van der Waals surface area contributed by atoms with Gasteiger partial charge in [0.05, 0.1) is 31.7 Å². The van der Waals surface area contributed by atoms with Crippen LogP contribution in [0.3, 0.4) is 0 Å². The number of hydroxylamine groups is 2. The molecule has 4 heteroatoms. The number of β-amino-alcohol motifs (C(OH)–C–C–N with tert-alkyl or cyclic N) is 1. The van der Waals surface area contributed by atoms with Crippen LogP contribution in [0.1, 0.15) is 6.42 Å². The Morgan fingerprint density at radius 2 is 2.60 bits per heavy atom. The third-order valence-electron chi connectivity index (χ3n) is 1.34. The number of aliphatic hydroxyl groups is 1. The van der Waals surface area contributed by atoms with Crippen LogP contribution in [0.15, 0.2) is 0 Å². The lowest BCUT2D eigenvalue weighted by Crippen LogP contribution is -2.21. The largest absolute Gasteiger partial charge is 0.389 e. The van der Waals surface area contributed by atoms with Gasteiger partial charge in [-0.15, -0.1) is 0 Å². The van der Waals surface area contributed by atoms with Crippen LogP contribution in [0, 0.1) is 11.3 Å². The molecule has 0 aliphatic carbocycles. The summed E-state index contributed by atoms with van der Waals surface area (Å²) in [5.74, 6) is 0.